The molecule has 74 valence electrons. The maximum absolute atomic E-state index is 5.96. The second-order valence-electron chi connectivity index (χ2n) is 2.70. The average molecular weight is 228 g/mol. The van der Waals surface area contributed by atoms with E-state index in [-0.39, 0.29) is 5.11 Å². The number of thiocarbonyl (C=S) groups is 1. The summed E-state index contributed by atoms with van der Waals surface area (Å²) in [6.07, 6.45) is 1.59. The van der Waals surface area contributed by atoms with Crippen molar-refractivity contribution in [3.8, 4) is 0 Å². The third-order valence-electron chi connectivity index (χ3n) is 1.64. The van der Waals surface area contributed by atoms with E-state index in [0.29, 0.717) is 5.02 Å². The summed E-state index contributed by atoms with van der Waals surface area (Å²) in [6.45, 7) is 1.95. The molecule has 0 aliphatic carbocycles. The fraction of sp³-hybridized carbons (Fsp3) is 0.111. The Kier molecular flexibility index (Phi) is 3.85. The molecule has 14 heavy (non-hydrogen) atoms. The van der Waals surface area contributed by atoms with Crippen LogP contribution >= 0.6 is 23.8 Å². The molecule has 0 aliphatic rings. The molecule has 1 aromatic carbocycles. The van der Waals surface area contributed by atoms with Crippen LogP contribution in [0.3, 0.4) is 0 Å². The molecule has 0 spiro atoms. The molecule has 0 saturated carbocycles. The van der Waals surface area contributed by atoms with Gasteiger partial charge < -0.3 is 5.73 Å². The van der Waals surface area contributed by atoms with Crippen LogP contribution in [0, 0.1) is 6.92 Å². The van der Waals surface area contributed by atoms with E-state index in [2.05, 4.69) is 22.7 Å². The van der Waals surface area contributed by atoms with Gasteiger partial charge >= 0.3 is 0 Å². The van der Waals surface area contributed by atoms with Gasteiger partial charge in [0.05, 0.1) is 6.21 Å². The first-order valence-corrected chi connectivity index (χ1v) is 4.73. The van der Waals surface area contributed by atoms with E-state index >= 15 is 0 Å². The van der Waals surface area contributed by atoms with E-state index in [1.807, 2.05) is 19.1 Å². The van der Waals surface area contributed by atoms with Gasteiger partial charge in [0.1, 0.15) is 0 Å². The van der Waals surface area contributed by atoms with Crippen molar-refractivity contribution >= 4 is 35.1 Å². The topological polar surface area (TPSA) is 50.4 Å². The molecule has 0 aromatic heterocycles. The highest BCUT2D eigenvalue weighted by atomic mass is 35.5. The van der Waals surface area contributed by atoms with Crippen molar-refractivity contribution in [2.75, 3.05) is 0 Å². The van der Waals surface area contributed by atoms with Gasteiger partial charge in [-0.15, -0.1) is 0 Å². The number of benzene rings is 1. The van der Waals surface area contributed by atoms with Gasteiger partial charge in [-0.2, -0.15) is 5.10 Å². The SMILES string of the molecule is Cc1cccc(Cl)c1/C=N/NC(N)=S. The lowest BCUT2D eigenvalue weighted by atomic mass is 10.1. The number of halogens is 1. The molecule has 0 heterocycles. The largest absolute Gasteiger partial charge is 0.375 e. The zero-order valence-electron chi connectivity index (χ0n) is 7.62. The number of rotatable bonds is 2. The minimum Gasteiger partial charge on any atom is -0.375 e. The zero-order valence-corrected chi connectivity index (χ0v) is 9.19. The third-order valence-corrected chi connectivity index (χ3v) is 2.06. The van der Waals surface area contributed by atoms with Crippen LogP contribution in [0.5, 0.6) is 0 Å². The monoisotopic (exact) mass is 227 g/mol. The maximum atomic E-state index is 5.96. The highest BCUT2D eigenvalue weighted by Gasteiger charge is 1.99. The molecule has 0 radical (unpaired) electrons. The van der Waals surface area contributed by atoms with Gasteiger partial charge in [-0.05, 0) is 30.8 Å². The quantitative estimate of drug-likeness (QED) is 0.460. The van der Waals surface area contributed by atoms with Crippen LogP contribution in [0.4, 0.5) is 0 Å². The molecule has 1 rings (SSSR count). The minimum atomic E-state index is 0.131. The lowest BCUT2D eigenvalue weighted by Gasteiger charge is -2.01. The van der Waals surface area contributed by atoms with Crippen molar-refractivity contribution in [1.29, 1.82) is 0 Å². The van der Waals surface area contributed by atoms with E-state index in [4.69, 9.17) is 17.3 Å². The number of aryl methyl sites for hydroxylation is 1. The zero-order chi connectivity index (χ0) is 10.6. The van der Waals surface area contributed by atoms with Crippen LogP contribution in [-0.4, -0.2) is 11.3 Å². The van der Waals surface area contributed by atoms with Crippen LogP contribution < -0.4 is 11.2 Å². The fourth-order valence-corrected chi connectivity index (χ4v) is 1.29. The molecule has 0 fully saturated rings. The Balaban J connectivity index is 2.85. The van der Waals surface area contributed by atoms with Crippen molar-refractivity contribution in [3.05, 3.63) is 34.3 Å². The Morgan fingerprint density at radius 3 is 2.93 bits per heavy atom. The number of nitrogens with one attached hydrogen (secondary N) is 1. The fourth-order valence-electron chi connectivity index (χ4n) is 0.969. The summed E-state index contributed by atoms with van der Waals surface area (Å²) in [4.78, 5) is 0. The summed E-state index contributed by atoms with van der Waals surface area (Å²) in [7, 11) is 0. The van der Waals surface area contributed by atoms with Crippen molar-refractivity contribution in [1.82, 2.24) is 5.43 Å². The number of hydrazone groups is 1. The van der Waals surface area contributed by atoms with Gasteiger partial charge in [-0.1, -0.05) is 23.7 Å². The maximum Gasteiger partial charge on any atom is 0.184 e. The van der Waals surface area contributed by atoms with Gasteiger partial charge in [-0.25, -0.2) is 0 Å². The van der Waals surface area contributed by atoms with Gasteiger partial charge in [0, 0.05) is 10.6 Å². The summed E-state index contributed by atoms with van der Waals surface area (Å²) in [5.41, 5.74) is 9.58. The standard InChI is InChI=1S/C9H10ClN3S/c1-6-3-2-4-8(10)7(6)5-12-13-9(11)14/h2-5H,1H3,(H3,11,13,14)/b12-5+. The Labute approximate surface area is 92.9 Å². The second kappa shape index (κ2) is 4.93. The molecule has 0 amide bonds. The van der Waals surface area contributed by atoms with Crippen LogP contribution in [-0.2, 0) is 0 Å². The summed E-state index contributed by atoms with van der Waals surface area (Å²) in [5.74, 6) is 0. The highest BCUT2D eigenvalue weighted by Crippen LogP contribution is 2.16. The molecule has 0 aliphatic heterocycles. The molecular formula is C9H10ClN3S. The van der Waals surface area contributed by atoms with E-state index in [9.17, 15) is 0 Å². The van der Waals surface area contributed by atoms with Crippen LogP contribution in [0.15, 0.2) is 23.3 Å². The number of hydrogen-bond acceptors (Lipinski definition) is 2. The van der Waals surface area contributed by atoms with Gasteiger partial charge in [-0.3, -0.25) is 5.43 Å². The Hall–Kier alpha value is -1.13. The first kappa shape index (κ1) is 10.9. The first-order chi connectivity index (χ1) is 6.61. The Morgan fingerprint density at radius 2 is 2.36 bits per heavy atom. The van der Waals surface area contributed by atoms with Crippen molar-refractivity contribution in [2.24, 2.45) is 10.8 Å². The molecule has 3 N–H and O–H groups in total. The Morgan fingerprint density at radius 1 is 1.64 bits per heavy atom. The van der Waals surface area contributed by atoms with Crippen LogP contribution in [0.25, 0.3) is 0 Å². The van der Waals surface area contributed by atoms with E-state index in [0.717, 1.165) is 11.1 Å². The van der Waals surface area contributed by atoms with Crippen LogP contribution in [0.1, 0.15) is 11.1 Å². The van der Waals surface area contributed by atoms with E-state index in [1.165, 1.54) is 0 Å². The number of hydrogen-bond donors (Lipinski definition) is 2. The number of nitrogens with zero attached hydrogens (tertiary/aromatic N) is 1. The van der Waals surface area contributed by atoms with Crippen molar-refractivity contribution in [2.45, 2.75) is 6.92 Å². The molecule has 3 nitrogen and oxygen atoms in total. The Bertz CT molecular complexity index is 356. The van der Waals surface area contributed by atoms with Crippen LogP contribution in [0.2, 0.25) is 5.02 Å². The summed E-state index contributed by atoms with van der Waals surface area (Å²) >= 11 is 10.6. The predicted molar refractivity (Wildman–Crippen MR) is 63.7 cm³/mol. The summed E-state index contributed by atoms with van der Waals surface area (Å²) < 4.78 is 0. The smallest absolute Gasteiger partial charge is 0.184 e. The predicted octanol–water partition coefficient (Wildman–Crippen LogP) is 1.82. The molecule has 0 bridgehead atoms. The summed E-state index contributed by atoms with van der Waals surface area (Å²) in [5, 5.41) is 4.62. The van der Waals surface area contributed by atoms with Gasteiger partial charge in [0.15, 0.2) is 5.11 Å². The summed E-state index contributed by atoms with van der Waals surface area (Å²) in [6, 6.07) is 5.64. The molecular weight excluding hydrogens is 218 g/mol. The van der Waals surface area contributed by atoms with Gasteiger partial charge in [0.2, 0.25) is 0 Å². The molecule has 0 unspecified atom stereocenters. The number of nitrogens with two attached hydrogens (primary N) is 1. The minimum absolute atomic E-state index is 0.131. The highest BCUT2D eigenvalue weighted by molar-refractivity contribution is 7.80. The lowest BCUT2D eigenvalue weighted by molar-refractivity contribution is 1.04. The third kappa shape index (κ3) is 2.97. The van der Waals surface area contributed by atoms with Gasteiger partial charge in [0.25, 0.3) is 0 Å². The molecule has 1 aromatic rings. The van der Waals surface area contributed by atoms with Crippen molar-refractivity contribution < 1.29 is 0 Å². The van der Waals surface area contributed by atoms with Crippen molar-refractivity contribution in [3.63, 3.8) is 0 Å². The molecule has 0 saturated heterocycles. The van der Waals surface area contributed by atoms with E-state index < -0.39 is 0 Å². The second-order valence-corrected chi connectivity index (χ2v) is 3.55. The average Bonchev–Trinajstić information content (AvgIpc) is 2.09. The normalized spacial score (nSPS) is 10.4. The van der Waals surface area contributed by atoms with E-state index in [1.54, 1.807) is 12.3 Å². The lowest BCUT2D eigenvalue weighted by Crippen LogP contribution is -2.24. The first-order valence-electron chi connectivity index (χ1n) is 3.95. The molecule has 0 atom stereocenters. The molecule has 5 heteroatoms.